The van der Waals surface area contributed by atoms with Crippen LogP contribution in [0, 0.1) is 5.92 Å². The molecule has 1 fully saturated rings. The van der Waals surface area contributed by atoms with Gasteiger partial charge in [-0.3, -0.25) is 0 Å². The first-order valence-corrected chi connectivity index (χ1v) is 6.59. The number of hydrogen-bond acceptors (Lipinski definition) is 5. The first kappa shape index (κ1) is 13.9. The van der Waals surface area contributed by atoms with Crippen LogP contribution in [0.25, 0.3) is 0 Å². The van der Waals surface area contributed by atoms with Crippen molar-refractivity contribution in [3.8, 4) is 0 Å². The molecule has 19 heavy (non-hydrogen) atoms. The van der Waals surface area contributed by atoms with E-state index in [9.17, 15) is 9.90 Å². The quantitative estimate of drug-likeness (QED) is 0.729. The second kappa shape index (κ2) is 6.58. The van der Waals surface area contributed by atoms with Crippen molar-refractivity contribution < 1.29 is 15.0 Å². The van der Waals surface area contributed by atoms with E-state index < -0.39 is 5.97 Å². The molecule has 2 atom stereocenters. The van der Waals surface area contributed by atoms with Gasteiger partial charge in [-0.05, 0) is 18.8 Å². The lowest BCUT2D eigenvalue weighted by atomic mass is 9.86. The Morgan fingerprint density at radius 1 is 1.42 bits per heavy atom. The van der Waals surface area contributed by atoms with Crippen LogP contribution in [0.4, 0.5) is 0 Å². The van der Waals surface area contributed by atoms with Crippen LogP contribution in [0.3, 0.4) is 0 Å². The Bertz CT molecular complexity index is 439. The fraction of sp³-hybridized carbons (Fsp3) is 0.615. The second-order valence-electron chi connectivity index (χ2n) is 4.93. The SMILES string of the molecule is O=C(O)c1cncnc1CNCC1CCCCC1O. The third-order valence-electron chi connectivity index (χ3n) is 3.59. The lowest BCUT2D eigenvalue weighted by Gasteiger charge is -2.27. The van der Waals surface area contributed by atoms with Crippen molar-refractivity contribution in [2.45, 2.75) is 38.3 Å². The zero-order valence-electron chi connectivity index (χ0n) is 10.7. The Balaban J connectivity index is 1.87. The van der Waals surface area contributed by atoms with E-state index in [1.165, 1.54) is 12.5 Å². The van der Waals surface area contributed by atoms with Gasteiger partial charge in [0.2, 0.25) is 0 Å². The molecule has 0 amide bonds. The van der Waals surface area contributed by atoms with Crippen LogP contribution in [0.15, 0.2) is 12.5 Å². The summed E-state index contributed by atoms with van der Waals surface area (Å²) in [6, 6.07) is 0. The average molecular weight is 265 g/mol. The number of aromatic carboxylic acids is 1. The van der Waals surface area contributed by atoms with Crippen molar-refractivity contribution in [3.63, 3.8) is 0 Å². The largest absolute Gasteiger partial charge is 0.478 e. The number of carbonyl (C=O) groups is 1. The van der Waals surface area contributed by atoms with E-state index in [1.54, 1.807) is 0 Å². The maximum Gasteiger partial charge on any atom is 0.339 e. The Hall–Kier alpha value is -1.53. The minimum absolute atomic E-state index is 0.124. The van der Waals surface area contributed by atoms with Gasteiger partial charge in [-0.1, -0.05) is 12.8 Å². The van der Waals surface area contributed by atoms with E-state index in [4.69, 9.17) is 5.11 Å². The summed E-state index contributed by atoms with van der Waals surface area (Å²) in [5.41, 5.74) is 0.604. The predicted octanol–water partition coefficient (Wildman–Crippen LogP) is 0.815. The van der Waals surface area contributed by atoms with Crippen LogP contribution in [-0.4, -0.2) is 38.8 Å². The molecule has 1 aromatic heterocycles. The molecule has 0 saturated heterocycles. The van der Waals surface area contributed by atoms with E-state index >= 15 is 0 Å². The summed E-state index contributed by atoms with van der Waals surface area (Å²) in [5.74, 6) is -0.765. The number of hydrogen-bond donors (Lipinski definition) is 3. The molecule has 6 nitrogen and oxygen atoms in total. The van der Waals surface area contributed by atoms with Gasteiger partial charge in [0.15, 0.2) is 0 Å². The normalized spacial score (nSPS) is 23.2. The van der Waals surface area contributed by atoms with E-state index in [0.717, 1.165) is 25.7 Å². The summed E-state index contributed by atoms with van der Waals surface area (Å²) in [5, 5.41) is 22.0. The van der Waals surface area contributed by atoms with Crippen LogP contribution < -0.4 is 5.32 Å². The monoisotopic (exact) mass is 265 g/mol. The molecule has 2 unspecified atom stereocenters. The number of aromatic nitrogens is 2. The van der Waals surface area contributed by atoms with Crippen molar-refractivity contribution in [1.82, 2.24) is 15.3 Å². The first-order valence-electron chi connectivity index (χ1n) is 6.59. The van der Waals surface area contributed by atoms with Crippen LogP contribution >= 0.6 is 0 Å². The highest BCUT2D eigenvalue weighted by Gasteiger charge is 2.22. The predicted molar refractivity (Wildman–Crippen MR) is 68.7 cm³/mol. The van der Waals surface area contributed by atoms with E-state index in [1.807, 2.05) is 0 Å². The number of rotatable bonds is 5. The number of carboxylic acids is 1. The summed E-state index contributed by atoms with van der Waals surface area (Å²) < 4.78 is 0. The topological polar surface area (TPSA) is 95.3 Å². The van der Waals surface area contributed by atoms with E-state index in [0.29, 0.717) is 18.8 Å². The molecule has 1 aliphatic carbocycles. The Kier molecular flexibility index (Phi) is 4.81. The highest BCUT2D eigenvalue weighted by Crippen LogP contribution is 2.23. The molecule has 0 spiro atoms. The van der Waals surface area contributed by atoms with Gasteiger partial charge in [-0.15, -0.1) is 0 Å². The summed E-state index contributed by atoms with van der Waals surface area (Å²) in [4.78, 5) is 18.7. The standard InChI is InChI=1S/C13H19N3O3/c17-12-4-2-1-3-9(12)5-14-7-11-10(13(18)19)6-15-8-16-11/h6,8-9,12,14,17H,1-5,7H2,(H,18,19). The van der Waals surface area contributed by atoms with Crippen molar-refractivity contribution in [2.75, 3.05) is 6.54 Å². The van der Waals surface area contributed by atoms with Gasteiger partial charge in [-0.25, -0.2) is 14.8 Å². The van der Waals surface area contributed by atoms with E-state index in [-0.39, 0.29) is 17.6 Å². The zero-order valence-corrected chi connectivity index (χ0v) is 10.7. The van der Waals surface area contributed by atoms with Crippen LogP contribution in [-0.2, 0) is 6.54 Å². The highest BCUT2D eigenvalue weighted by molar-refractivity contribution is 5.88. The maximum atomic E-state index is 11.0. The molecule has 2 rings (SSSR count). The fourth-order valence-corrected chi connectivity index (χ4v) is 2.48. The van der Waals surface area contributed by atoms with Gasteiger partial charge < -0.3 is 15.5 Å². The third kappa shape index (κ3) is 3.71. The lowest BCUT2D eigenvalue weighted by Crippen LogP contribution is -2.34. The third-order valence-corrected chi connectivity index (χ3v) is 3.59. The van der Waals surface area contributed by atoms with Crippen molar-refractivity contribution >= 4 is 5.97 Å². The molecule has 0 aliphatic heterocycles. The molecule has 0 bridgehead atoms. The minimum Gasteiger partial charge on any atom is -0.478 e. The lowest BCUT2D eigenvalue weighted by molar-refractivity contribution is 0.0680. The molecule has 1 heterocycles. The first-order chi connectivity index (χ1) is 9.18. The average Bonchev–Trinajstić information content (AvgIpc) is 2.41. The Morgan fingerprint density at radius 2 is 2.21 bits per heavy atom. The number of carboxylic acid groups (broad SMARTS) is 1. The Morgan fingerprint density at radius 3 is 2.95 bits per heavy atom. The van der Waals surface area contributed by atoms with Crippen molar-refractivity contribution in [1.29, 1.82) is 0 Å². The van der Waals surface area contributed by atoms with Gasteiger partial charge in [-0.2, -0.15) is 0 Å². The van der Waals surface area contributed by atoms with Crippen LogP contribution in [0.2, 0.25) is 0 Å². The molecule has 6 heteroatoms. The summed E-state index contributed by atoms with van der Waals surface area (Å²) in [6.45, 7) is 1.07. The summed E-state index contributed by atoms with van der Waals surface area (Å²) >= 11 is 0. The molecule has 1 aromatic rings. The van der Waals surface area contributed by atoms with Crippen molar-refractivity contribution in [2.24, 2.45) is 5.92 Å². The molecule has 0 aromatic carbocycles. The van der Waals surface area contributed by atoms with Crippen LogP contribution in [0.1, 0.15) is 41.7 Å². The zero-order chi connectivity index (χ0) is 13.7. The molecular formula is C13H19N3O3. The molecule has 104 valence electrons. The van der Waals surface area contributed by atoms with Gasteiger partial charge in [0.25, 0.3) is 0 Å². The molecule has 1 aliphatic rings. The van der Waals surface area contributed by atoms with Crippen LogP contribution in [0.5, 0.6) is 0 Å². The Labute approximate surface area is 111 Å². The van der Waals surface area contributed by atoms with Gasteiger partial charge in [0, 0.05) is 19.3 Å². The fourth-order valence-electron chi connectivity index (χ4n) is 2.48. The molecular weight excluding hydrogens is 246 g/mol. The highest BCUT2D eigenvalue weighted by atomic mass is 16.4. The number of aliphatic hydroxyl groups is 1. The van der Waals surface area contributed by atoms with Gasteiger partial charge in [0.05, 0.1) is 11.8 Å². The number of aliphatic hydroxyl groups excluding tert-OH is 1. The van der Waals surface area contributed by atoms with Gasteiger partial charge in [0.1, 0.15) is 11.9 Å². The molecule has 0 radical (unpaired) electrons. The molecule has 1 saturated carbocycles. The van der Waals surface area contributed by atoms with Crippen molar-refractivity contribution in [3.05, 3.63) is 23.8 Å². The summed E-state index contributed by atoms with van der Waals surface area (Å²) in [7, 11) is 0. The van der Waals surface area contributed by atoms with E-state index in [2.05, 4.69) is 15.3 Å². The number of nitrogens with zero attached hydrogens (tertiary/aromatic N) is 2. The minimum atomic E-state index is -1.02. The summed E-state index contributed by atoms with van der Waals surface area (Å²) in [6.07, 6.45) is 6.53. The smallest absolute Gasteiger partial charge is 0.339 e. The molecule has 3 N–H and O–H groups in total. The van der Waals surface area contributed by atoms with Gasteiger partial charge >= 0.3 is 5.97 Å². The maximum absolute atomic E-state index is 11.0. The number of nitrogens with one attached hydrogen (secondary N) is 1. The second-order valence-corrected chi connectivity index (χ2v) is 4.93.